The summed E-state index contributed by atoms with van der Waals surface area (Å²) in [6.45, 7) is 12.8. The summed E-state index contributed by atoms with van der Waals surface area (Å²) in [5.74, 6) is 0.0395. The minimum atomic E-state index is -0.621. The summed E-state index contributed by atoms with van der Waals surface area (Å²) in [7, 11) is 0. The number of rotatable bonds is 4. The summed E-state index contributed by atoms with van der Waals surface area (Å²) in [6, 6.07) is 10.0. The van der Waals surface area contributed by atoms with E-state index in [0.29, 0.717) is 6.61 Å². The van der Waals surface area contributed by atoms with Crippen molar-refractivity contribution in [2.75, 3.05) is 6.61 Å². The van der Waals surface area contributed by atoms with Gasteiger partial charge in [-0.25, -0.2) is 0 Å². The molecule has 0 heterocycles. The van der Waals surface area contributed by atoms with Crippen LogP contribution in [0.2, 0.25) is 0 Å². The van der Waals surface area contributed by atoms with Gasteiger partial charge in [0.05, 0.1) is 12.0 Å². The van der Waals surface area contributed by atoms with Crippen LogP contribution in [-0.2, 0) is 14.9 Å². The van der Waals surface area contributed by atoms with Crippen molar-refractivity contribution < 1.29 is 9.53 Å². The summed E-state index contributed by atoms with van der Waals surface area (Å²) in [5, 5.41) is 0. The highest BCUT2D eigenvalue weighted by Gasteiger charge is 2.53. The molecule has 0 saturated carbocycles. The van der Waals surface area contributed by atoms with E-state index in [1.165, 1.54) is 0 Å². The Morgan fingerprint density at radius 1 is 1.16 bits per heavy atom. The van der Waals surface area contributed by atoms with Crippen molar-refractivity contribution >= 4 is 5.97 Å². The maximum absolute atomic E-state index is 12.7. The van der Waals surface area contributed by atoms with E-state index in [9.17, 15) is 4.79 Å². The number of ether oxygens (including phenoxy) is 1. The van der Waals surface area contributed by atoms with Gasteiger partial charge < -0.3 is 4.74 Å². The molecule has 0 amide bonds. The van der Waals surface area contributed by atoms with Crippen LogP contribution in [-0.4, -0.2) is 12.6 Å². The van der Waals surface area contributed by atoms with Crippen LogP contribution >= 0.6 is 0 Å². The average molecular weight is 262 g/mol. The van der Waals surface area contributed by atoms with Gasteiger partial charge in [0.2, 0.25) is 0 Å². The maximum Gasteiger partial charge on any atom is 0.317 e. The van der Waals surface area contributed by atoms with Crippen molar-refractivity contribution in [3.8, 4) is 0 Å². The molecule has 0 aliphatic heterocycles. The fourth-order valence-corrected chi connectivity index (χ4v) is 3.24. The minimum absolute atomic E-state index is 0.122. The van der Waals surface area contributed by atoms with Gasteiger partial charge in [-0.05, 0) is 23.8 Å². The van der Waals surface area contributed by atoms with Gasteiger partial charge in [0, 0.05) is 0 Å². The van der Waals surface area contributed by atoms with Crippen molar-refractivity contribution in [3.05, 3.63) is 35.9 Å². The molecule has 0 fully saturated rings. The maximum atomic E-state index is 12.7. The smallest absolute Gasteiger partial charge is 0.317 e. The summed E-state index contributed by atoms with van der Waals surface area (Å²) < 4.78 is 5.41. The Bertz CT molecular complexity index is 415. The van der Waals surface area contributed by atoms with E-state index in [-0.39, 0.29) is 17.3 Å². The lowest BCUT2D eigenvalue weighted by molar-refractivity contribution is -0.158. The SMILES string of the molecule is CCOC(=O)C(c1ccccc1)(C(C)C)C(C)(C)C. The zero-order chi connectivity index (χ0) is 14.7. The standard InChI is InChI=1S/C17H26O2/c1-7-19-15(18)17(13(2)3,16(4,5)6)14-11-9-8-10-12-14/h8-13H,7H2,1-6H3. The average Bonchev–Trinajstić information content (AvgIpc) is 2.29. The van der Waals surface area contributed by atoms with Crippen molar-refractivity contribution in [1.29, 1.82) is 0 Å². The van der Waals surface area contributed by atoms with Crippen LogP contribution in [0.5, 0.6) is 0 Å². The number of esters is 1. The lowest BCUT2D eigenvalue weighted by Gasteiger charge is -2.46. The second-order valence-electron chi connectivity index (χ2n) is 6.30. The third-order valence-electron chi connectivity index (χ3n) is 3.88. The first-order valence-electron chi connectivity index (χ1n) is 7.01. The molecule has 2 nitrogen and oxygen atoms in total. The number of benzene rings is 1. The van der Waals surface area contributed by atoms with Crippen LogP contribution in [0, 0.1) is 11.3 Å². The first kappa shape index (κ1) is 15.7. The first-order chi connectivity index (χ1) is 8.78. The lowest BCUT2D eigenvalue weighted by Crippen LogP contribution is -2.52. The predicted octanol–water partition coefficient (Wildman–Crippen LogP) is 4.19. The molecule has 0 saturated heterocycles. The minimum Gasteiger partial charge on any atom is -0.465 e. The van der Waals surface area contributed by atoms with Gasteiger partial charge in [0.15, 0.2) is 0 Å². The predicted molar refractivity (Wildman–Crippen MR) is 79.0 cm³/mol. The highest BCUT2D eigenvalue weighted by molar-refractivity contribution is 5.84. The number of hydrogen-bond donors (Lipinski definition) is 0. The fourth-order valence-electron chi connectivity index (χ4n) is 3.24. The van der Waals surface area contributed by atoms with Gasteiger partial charge in [-0.1, -0.05) is 65.0 Å². The fraction of sp³-hybridized carbons (Fsp3) is 0.588. The molecule has 19 heavy (non-hydrogen) atoms. The largest absolute Gasteiger partial charge is 0.465 e. The third kappa shape index (κ3) is 2.68. The van der Waals surface area contributed by atoms with E-state index in [0.717, 1.165) is 5.56 Å². The quantitative estimate of drug-likeness (QED) is 0.760. The Morgan fingerprint density at radius 2 is 1.68 bits per heavy atom. The number of hydrogen-bond acceptors (Lipinski definition) is 2. The summed E-state index contributed by atoms with van der Waals surface area (Å²) in [5.41, 5.74) is 0.204. The second-order valence-corrected chi connectivity index (χ2v) is 6.30. The zero-order valence-electron chi connectivity index (χ0n) is 13.0. The molecule has 0 aliphatic rings. The molecule has 1 aromatic carbocycles. The third-order valence-corrected chi connectivity index (χ3v) is 3.88. The van der Waals surface area contributed by atoms with Gasteiger partial charge in [0.1, 0.15) is 0 Å². The normalized spacial score (nSPS) is 15.1. The molecular formula is C17H26O2. The highest BCUT2D eigenvalue weighted by Crippen LogP contribution is 2.48. The van der Waals surface area contributed by atoms with Gasteiger partial charge >= 0.3 is 5.97 Å². The van der Waals surface area contributed by atoms with Gasteiger partial charge in [-0.15, -0.1) is 0 Å². The molecule has 0 N–H and O–H groups in total. The van der Waals surface area contributed by atoms with E-state index >= 15 is 0 Å². The molecule has 1 aromatic rings. The molecule has 1 unspecified atom stereocenters. The monoisotopic (exact) mass is 262 g/mol. The van der Waals surface area contributed by atoms with Crippen LogP contribution in [0.4, 0.5) is 0 Å². The zero-order valence-corrected chi connectivity index (χ0v) is 13.0. The van der Waals surface area contributed by atoms with Crippen LogP contribution in [0.15, 0.2) is 30.3 Å². The van der Waals surface area contributed by atoms with Gasteiger partial charge in [-0.2, -0.15) is 0 Å². The Kier molecular flexibility index (Phi) is 4.78. The molecule has 2 heteroatoms. The van der Waals surface area contributed by atoms with Crippen LogP contribution in [0.25, 0.3) is 0 Å². The molecule has 0 spiro atoms. The molecule has 0 radical (unpaired) electrons. The van der Waals surface area contributed by atoms with Crippen LogP contribution in [0.1, 0.15) is 47.1 Å². The number of carbonyl (C=O) groups excluding carboxylic acids is 1. The molecule has 0 aromatic heterocycles. The summed E-state index contributed by atoms with van der Waals surface area (Å²) in [6.07, 6.45) is 0. The van der Waals surface area contributed by atoms with Crippen molar-refractivity contribution in [3.63, 3.8) is 0 Å². The van der Waals surface area contributed by atoms with Crippen molar-refractivity contribution in [1.82, 2.24) is 0 Å². The first-order valence-corrected chi connectivity index (χ1v) is 7.01. The summed E-state index contributed by atoms with van der Waals surface area (Å²) in [4.78, 5) is 12.7. The van der Waals surface area contributed by atoms with Crippen LogP contribution in [0.3, 0.4) is 0 Å². The Morgan fingerprint density at radius 3 is 2.05 bits per heavy atom. The van der Waals surface area contributed by atoms with E-state index < -0.39 is 5.41 Å². The van der Waals surface area contributed by atoms with Crippen molar-refractivity contribution in [2.24, 2.45) is 11.3 Å². The molecule has 0 aliphatic carbocycles. The van der Waals surface area contributed by atoms with Crippen molar-refractivity contribution in [2.45, 2.75) is 47.0 Å². The Labute approximate surface area is 117 Å². The van der Waals surface area contributed by atoms with Crippen LogP contribution < -0.4 is 0 Å². The van der Waals surface area contributed by atoms with Gasteiger partial charge in [0.25, 0.3) is 0 Å². The van der Waals surface area contributed by atoms with E-state index in [2.05, 4.69) is 34.6 Å². The number of carbonyl (C=O) groups is 1. The van der Waals surface area contributed by atoms with E-state index in [4.69, 9.17) is 4.74 Å². The second kappa shape index (κ2) is 5.77. The molecule has 106 valence electrons. The topological polar surface area (TPSA) is 26.3 Å². The molecule has 0 bridgehead atoms. The van der Waals surface area contributed by atoms with E-state index in [1.807, 2.05) is 37.3 Å². The lowest BCUT2D eigenvalue weighted by atomic mass is 9.57. The molecule has 1 rings (SSSR count). The molecular weight excluding hydrogens is 236 g/mol. The summed E-state index contributed by atoms with van der Waals surface area (Å²) >= 11 is 0. The highest BCUT2D eigenvalue weighted by atomic mass is 16.5. The van der Waals surface area contributed by atoms with Gasteiger partial charge in [-0.3, -0.25) is 4.79 Å². The Balaban J connectivity index is 3.50. The molecule has 1 atom stereocenters. The van der Waals surface area contributed by atoms with E-state index in [1.54, 1.807) is 0 Å². The Hall–Kier alpha value is -1.31.